The maximum absolute atomic E-state index is 15.4. The van der Waals surface area contributed by atoms with E-state index in [1.807, 2.05) is 0 Å². The fraction of sp³-hybridized carbons (Fsp3) is 0.200. The third-order valence-corrected chi connectivity index (χ3v) is 25.5. The van der Waals surface area contributed by atoms with E-state index in [4.69, 9.17) is 14.2 Å². The third kappa shape index (κ3) is 13.2. The van der Waals surface area contributed by atoms with Crippen molar-refractivity contribution in [2.24, 2.45) is 0 Å². The molecule has 91 heavy (non-hydrogen) atoms. The molecule has 0 unspecified atom stereocenters. The summed E-state index contributed by atoms with van der Waals surface area (Å²) in [5, 5.41) is 14.6. The Morgan fingerprint density at radius 2 is 0.538 bits per heavy atom. The number of hydrogen-bond acceptors (Lipinski definition) is 13. The lowest BCUT2D eigenvalue weighted by Crippen LogP contribution is -2.44. The van der Waals surface area contributed by atoms with E-state index in [-0.39, 0.29) is 16.7 Å². The van der Waals surface area contributed by atoms with Crippen LogP contribution in [0, 0.1) is 62.3 Å². The molecule has 0 aliphatic carbocycles. The maximum atomic E-state index is 15.4. The van der Waals surface area contributed by atoms with Crippen LogP contribution in [-0.4, -0.2) is 45.2 Å². The van der Waals surface area contributed by atoms with Gasteiger partial charge in [0, 0.05) is 48.5 Å². The lowest BCUT2D eigenvalue weighted by molar-refractivity contribution is -0.179. The van der Waals surface area contributed by atoms with Gasteiger partial charge in [-0.1, -0.05) is 200 Å². The molecule has 0 aromatic heterocycles. The number of benzene rings is 9. The van der Waals surface area contributed by atoms with Crippen molar-refractivity contribution in [1.29, 1.82) is 0 Å². The maximum Gasteiger partial charge on any atom is 0.339 e. The van der Waals surface area contributed by atoms with Crippen LogP contribution in [0.4, 0.5) is 0 Å². The normalized spacial score (nSPS) is 11.8. The van der Waals surface area contributed by atoms with E-state index in [0.29, 0.717) is 98.6 Å². The van der Waals surface area contributed by atoms with E-state index in [1.54, 1.807) is 263 Å². The second-order valence-electron chi connectivity index (χ2n) is 23.0. The topological polar surface area (TPSA) is 202 Å². The van der Waals surface area contributed by atoms with Crippen molar-refractivity contribution in [1.82, 2.24) is 0 Å². The molecule has 13 nitrogen and oxygen atoms in total. The first-order valence-corrected chi connectivity index (χ1v) is 34.8. The molecule has 0 aliphatic rings. The van der Waals surface area contributed by atoms with Crippen LogP contribution in [0.25, 0.3) is 0 Å². The molecule has 0 fully saturated rings. The molecule has 0 aliphatic heterocycles. The summed E-state index contributed by atoms with van der Waals surface area (Å²) in [6, 6.07) is 56.0. The molecule has 0 radical (unpaired) electrons. The molecular formula is C75H71O13P3. The van der Waals surface area contributed by atoms with Crippen LogP contribution in [0.1, 0.15) is 111 Å². The van der Waals surface area contributed by atoms with Gasteiger partial charge in [-0.05, 0) is 129 Å². The Morgan fingerprint density at radius 3 is 0.758 bits per heavy atom. The number of carbonyl (C=O) groups is 6. The fourth-order valence-electron chi connectivity index (χ4n) is 12.1. The van der Waals surface area contributed by atoms with Crippen LogP contribution in [0.2, 0.25) is 0 Å². The average Bonchev–Trinajstić information content (AvgIpc) is 0.795. The molecule has 9 rings (SSSR count). The lowest BCUT2D eigenvalue weighted by Gasteiger charge is -2.26. The Bertz CT molecular complexity index is 4120. The van der Waals surface area contributed by atoms with Crippen molar-refractivity contribution in [3.05, 3.63) is 284 Å². The van der Waals surface area contributed by atoms with Crippen molar-refractivity contribution >= 4 is 87.7 Å². The highest BCUT2D eigenvalue weighted by molar-refractivity contribution is 7.94. The van der Waals surface area contributed by atoms with Gasteiger partial charge in [-0.15, -0.1) is 0 Å². The molecule has 9 aromatic rings. The van der Waals surface area contributed by atoms with Crippen molar-refractivity contribution in [3.8, 4) is 0 Å². The second-order valence-corrected chi connectivity index (χ2v) is 31.0. The van der Waals surface area contributed by atoms with E-state index in [9.17, 15) is 29.1 Å². The van der Waals surface area contributed by atoms with Crippen LogP contribution in [0.3, 0.4) is 0 Å². The highest BCUT2D eigenvalue weighted by Crippen LogP contribution is 2.51. The first kappa shape index (κ1) is 66.5. The minimum Gasteiger partial charge on any atom is -0.461 e. The molecule has 1 N–H and O–H groups in total. The second kappa shape index (κ2) is 27.7. The van der Waals surface area contributed by atoms with Crippen molar-refractivity contribution < 1.29 is 61.8 Å². The zero-order valence-electron chi connectivity index (χ0n) is 52.3. The summed E-state index contributed by atoms with van der Waals surface area (Å²) in [6.07, 6.45) is -2.29. The van der Waals surface area contributed by atoms with Crippen molar-refractivity contribution in [2.75, 3.05) is 0 Å². The van der Waals surface area contributed by atoms with Gasteiger partial charge in [-0.25, -0.2) is 4.79 Å². The Labute approximate surface area is 531 Å². The zero-order chi connectivity index (χ0) is 65.6. The standard InChI is InChI=1S/C75H71O13P3/c1-48-40-51(4)68(71(78)89(83,57-28-16-10-17-29-57)58-30-18-11-19-31-58)54(7)63(48)45-86-66(76)43-75(82,74(81)88-47-65-50(3)42-53(6)70(56(65)9)73(80)91(85,61-36-24-14-25-37-61)62-38-26-15-27-39-62)44-67(77)87-46-64-49(2)41-52(5)69(55(64)8)72(79)90(84,59-32-20-12-21-33-59)60-34-22-13-23-35-60/h10-42,82H,43-47H2,1-9H3. The summed E-state index contributed by atoms with van der Waals surface area (Å²) in [6.45, 7) is 13.9. The molecule has 0 saturated carbocycles. The van der Waals surface area contributed by atoms with Gasteiger partial charge < -0.3 is 33.0 Å². The van der Waals surface area contributed by atoms with Gasteiger partial charge >= 0.3 is 17.9 Å². The van der Waals surface area contributed by atoms with Gasteiger partial charge in [0.2, 0.25) is 38.0 Å². The SMILES string of the molecule is Cc1cc(C)c(C(=O)P(=O)(c2ccccc2)c2ccccc2)c(C)c1COC(=O)CC(O)(CC(=O)OCc1c(C)cc(C)c(C(=O)P(=O)(c2ccccc2)c2ccccc2)c1C)C(=O)OCc1c(C)cc(C)c(C(=O)P(=O)(c2ccccc2)c2ccccc2)c1C. The van der Waals surface area contributed by atoms with E-state index in [0.717, 1.165) is 0 Å². The molecule has 0 heterocycles. The highest BCUT2D eigenvalue weighted by atomic mass is 31.2. The Balaban J connectivity index is 1.03. The molecule has 0 amide bonds. The van der Waals surface area contributed by atoms with Crippen LogP contribution in [0.15, 0.2) is 200 Å². The van der Waals surface area contributed by atoms with Crippen LogP contribution < -0.4 is 31.8 Å². The number of hydrogen-bond donors (Lipinski definition) is 1. The number of rotatable bonds is 23. The summed E-state index contributed by atoms with van der Waals surface area (Å²) in [5.74, 6) is -3.72. The quantitative estimate of drug-likeness (QED) is 0.0360. The molecule has 0 atom stereocenters. The van der Waals surface area contributed by atoms with Crippen molar-refractivity contribution in [3.63, 3.8) is 0 Å². The minimum atomic E-state index is -4.03. The van der Waals surface area contributed by atoms with Gasteiger partial charge in [-0.3, -0.25) is 24.0 Å². The van der Waals surface area contributed by atoms with Gasteiger partial charge in [-0.2, -0.15) is 0 Å². The smallest absolute Gasteiger partial charge is 0.339 e. The molecule has 0 saturated heterocycles. The first-order valence-electron chi connectivity index (χ1n) is 29.7. The van der Waals surface area contributed by atoms with Gasteiger partial charge in [0.25, 0.3) is 0 Å². The summed E-state index contributed by atoms with van der Waals surface area (Å²) < 4.78 is 63.7. The predicted octanol–water partition coefficient (Wildman–Crippen LogP) is 13.0. The van der Waals surface area contributed by atoms with Gasteiger partial charge in [0.1, 0.15) is 19.8 Å². The van der Waals surface area contributed by atoms with Gasteiger partial charge in [0.05, 0.1) is 12.8 Å². The van der Waals surface area contributed by atoms with Crippen LogP contribution in [0.5, 0.6) is 0 Å². The zero-order valence-corrected chi connectivity index (χ0v) is 55.0. The van der Waals surface area contributed by atoms with E-state index < -0.39 is 94.2 Å². The van der Waals surface area contributed by atoms with Crippen LogP contribution in [-0.2, 0) is 62.1 Å². The summed E-state index contributed by atoms with van der Waals surface area (Å²) in [4.78, 5) is 88.3. The Kier molecular flexibility index (Phi) is 20.2. The largest absolute Gasteiger partial charge is 0.461 e. The molecular weight excluding hydrogens is 1200 g/mol. The van der Waals surface area contributed by atoms with Gasteiger partial charge in [0.15, 0.2) is 5.60 Å². The number of esters is 3. The number of aryl methyl sites for hydroxylation is 6. The summed E-state index contributed by atoms with van der Waals surface area (Å²) in [5.41, 5.74) is 1.25. The lowest BCUT2D eigenvalue weighted by atomic mass is 9.93. The third-order valence-electron chi connectivity index (χ3n) is 17.0. The number of aliphatic hydroxyl groups is 1. The van der Waals surface area contributed by atoms with Crippen molar-refractivity contribution in [2.45, 2.75) is 101 Å². The summed E-state index contributed by atoms with van der Waals surface area (Å²) >= 11 is 0. The molecule has 0 spiro atoms. The van der Waals surface area contributed by atoms with Crippen LogP contribution >= 0.6 is 21.4 Å². The van der Waals surface area contributed by atoms with E-state index in [2.05, 4.69) is 0 Å². The Morgan fingerprint density at radius 1 is 0.330 bits per heavy atom. The highest BCUT2D eigenvalue weighted by Gasteiger charge is 2.46. The number of carbonyl (C=O) groups excluding carboxylic acids is 6. The van der Waals surface area contributed by atoms with E-state index in [1.165, 1.54) is 0 Å². The monoisotopic (exact) mass is 1270 g/mol. The molecule has 9 aromatic carbocycles. The molecule has 16 heteroatoms. The Hall–Kier alpha value is -8.95. The summed E-state index contributed by atoms with van der Waals surface area (Å²) in [7, 11) is -12.0. The predicted molar refractivity (Wildman–Crippen MR) is 358 cm³/mol. The molecule has 0 bridgehead atoms. The first-order chi connectivity index (χ1) is 43.4. The number of ether oxygens (including phenoxy) is 3. The average molecular weight is 1270 g/mol. The molecule has 464 valence electrons. The minimum absolute atomic E-state index is 0.138. The fourth-order valence-corrected chi connectivity index (χ4v) is 20.0. The van der Waals surface area contributed by atoms with E-state index >= 15 is 18.5 Å².